The van der Waals surface area contributed by atoms with Crippen LogP contribution in [0.5, 0.6) is 0 Å². The molecule has 0 spiro atoms. The highest BCUT2D eigenvalue weighted by Gasteiger charge is 2.44. The topological polar surface area (TPSA) is 164 Å². The Morgan fingerprint density at radius 3 is 2.16 bits per heavy atom. The predicted octanol–water partition coefficient (Wildman–Crippen LogP) is 7.34. The number of hydrogen-bond acceptors (Lipinski definition) is 9. The van der Waals surface area contributed by atoms with Crippen molar-refractivity contribution in [3.8, 4) is 0 Å². The minimum atomic E-state index is -0.842. The van der Waals surface area contributed by atoms with Gasteiger partial charge in [0.15, 0.2) is 0 Å². The van der Waals surface area contributed by atoms with Crippen molar-refractivity contribution in [2.45, 2.75) is 115 Å². The smallest absolute Gasteiger partial charge is 0.328 e. The molecule has 0 radical (unpaired) electrons. The Morgan fingerprint density at radius 1 is 0.791 bits per heavy atom. The van der Waals surface area contributed by atoms with E-state index in [2.05, 4.69) is 20.5 Å². The Hall–Kier alpha value is -5.73. The summed E-state index contributed by atoms with van der Waals surface area (Å²) in [7, 11) is 1.33. The maximum Gasteiger partial charge on any atom is 0.328 e. The van der Waals surface area contributed by atoms with Crippen molar-refractivity contribution >= 4 is 63.7 Å². The first kappa shape index (κ1) is 47.8. The van der Waals surface area contributed by atoms with Gasteiger partial charge < -0.3 is 29.7 Å². The lowest BCUT2D eigenvalue weighted by molar-refractivity contribution is -0.154. The van der Waals surface area contributed by atoms with Crippen LogP contribution in [0.25, 0.3) is 10.9 Å². The number of esters is 1. The van der Waals surface area contributed by atoms with Crippen molar-refractivity contribution in [2.75, 3.05) is 57.6 Å². The molecule has 15 heteroatoms. The van der Waals surface area contributed by atoms with Gasteiger partial charge in [-0.25, -0.2) is 4.79 Å². The first-order valence-corrected chi connectivity index (χ1v) is 24.9. The monoisotopic (exact) mass is 933 g/mol. The molecular weight excluding hydrogens is 870 g/mol. The summed E-state index contributed by atoms with van der Waals surface area (Å²) in [6.07, 6.45) is 14.3. The number of aromatic amines is 1. The van der Waals surface area contributed by atoms with Gasteiger partial charge in [-0.1, -0.05) is 94.2 Å². The Balaban J connectivity index is 0.687. The number of imide groups is 1. The van der Waals surface area contributed by atoms with E-state index in [1.807, 2.05) is 71.6 Å². The fourth-order valence-electron chi connectivity index (χ4n) is 10.5. The molecule has 5 heterocycles. The molecule has 4 aromatic rings. The van der Waals surface area contributed by atoms with Crippen molar-refractivity contribution in [1.82, 2.24) is 29.9 Å². The molecule has 8 rings (SSSR count). The number of fused-ring (bicyclic) bond motifs is 4. The minimum absolute atomic E-state index is 0.00688. The standard InChI is InChI=1S/C52H64ClN7O7/c1-67-52(66)44-32-39-37-16-11-12-18-42(37)55-47(39)48(60(44)46(62)33-53)35-20-22-36(23-21-35)50(64)58-30-28-57(29-31-58)27-14-10-8-6-4-2-3-5-7-9-13-26-54-41-19-15-17-38-40(41)34-59(51(38)65)43-24-25-45(61)56-49(43)63/h11-12,15-23,43-44,48,54-55H,2-10,13-14,24-34H2,1H3,(H,56,61,63)/t43?,44-,48+/m1/s1. The largest absolute Gasteiger partial charge is 0.467 e. The zero-order valence-electron chi connectivity index (χ0n) is 38.7. The number of amides is 5. The van der Waals surface area contributed by atoms with E-state index < -0.39 is 24.1 Å². The molecule has 1 aromatic heterocycles. The van der Waals surface area contributed by atoms with Gasteiger partial charge in [-0.15, -0.1) is 11.6 Å². The SMILES string of the molecule is COC(=O)[C@H]1Cc2c([nH]c3ccccc23)[C@H](c2ccc(C(=O)N3CCN(CCCCCCCCCCCCCNc4cccc5c4CN(C4CCC(=O)NC4=O)C5=O)CC3)cc2)N1C(=O)CCl. The van der Waals surface area contributed by atoms with Gasteiger partial charge in [-0.05, 0) is 67.3 Å². The number of nitrogens with zero attached hydrogens (tertiary/aromatic N) is 4. The number of piperazine rings is 1. The predicted molar refractivity (Wildman–Crippen MR) is 258 cm³/mol. The Morgan fingerprint density at radius 2 is 1.48 bits per heavy atom. The van der Waals surface area contributed by atoms with Crippen LogP contribution in [-0.4, -0.2) is 124 Å². The number of hydrogen-bond donors (Lipinski definition) is 3. The van der Waals surface area contributed by atoms with E-state index in [0.29, 0.717) is 43.6 Å². The van der Waals surface area contributed by atoms with E-state index in [-0.39, 0.29) is 41.8 Å². The fourth-order valence-corrected chi connectivity index (χ4v) is 10.7. The van der Waals surface area contributed by atoms with Crippen LogP contribution in [0.15, 0.2) is 66.7 Å². The molecule has 0 bridgehead atoms. The van der Waals surface area contributed by atoms with Crippen LogP contribution in [0.2, 0.25) is 0 Å². The molecule has 4 aliphatic heterocycles. The van der Waals surface area contributed by atoms with E-state index in [0.717, 1.165) is 78.0 Å². The van der Waals surface area contributed by atoms with Gasteiger partial charge in [0, 0.05) is 91.1 Å². The van der Waals surface area contributed by atoms with Crippen LogP contribution in [0, 0.1) is 0 Å². The summed E-state index contributed by atoms with van der Waals surface area (Å²) >= 11 is 6.12. The van der Waals surface area contributed by atoms with Gasteiger partial charge in [0.1, 0.15) is 18.0 Å². The quantitative estimate of drug-likeness (QED) is 0.0356. The second kappa shape index (κ2) is 22.4. The van der Waals surface area contributed by atoms with Crippen molar-refractivity contribution < 1.29 is 33.5 Å². The number of unbranched alkanes of at least 4 members (excludes halogenated alkanes) is 10. The van der Waals surface area contributed by atoms with E-state index in [9.17, 15) is 28.8 Å². The number of halogens is 1. The number of methoxy groups -OCH3 is 1. The highest BCUT2D eigenvalue weighted by Crippen LogP contribution is 2.41. The molecule has 3 atom stereocenters. The number of alkyl halides is 1. The van der Waals surface area contributed by atoms with E-state index in [4.69, 9.17) is 16.3 Å². The summed E-state index contributed by atoms with van der Waals surface area (Å²) in [5, 5.41) is 6.89. The lowest BCUT2D eigenvalue weighted by Gasteiger charge is -2.40. The van der Waals surface area contributed by atoms with Crippen molar-refractivity contribution in [3.05, 3.63) is 100 Å². The van der Waals surface area contributed by atoms with Gasteiger partial charge in [-0.2, -0.15) is 0 Å². The number of benzene rings is 3. The number of anilines is 1. The second-order valence-corrected chi connectivity index (χ2v) is 18.7. The average molecular weight is 935 g/mol. The number of ether oxygens (including phenoxy) is 1. The maximum absolute atomic E-state index is 13.7. The summed E-state index contributed by atoms with van der Waals surface area (Å²) in [6, 6.07) is 19.0. The van der Waals surface area contributed by atoms with Gasteiger partial charge in [0.2, 0.25) is 17.7 Å². The molecule has 3 N–H and O–H groups in total. The highest BCUT2D eigenvalue weighted by molar-refractivity contribution is 6.27. The van der Waals surface area contributed by atoms with Crippen molar-refractivity contribution in [1.29, 1.82) is 0 Å². The molecule has 0 aliphatic carbocycles. The van der Waals surface area contributed by atoms with E-state index >= 15 is 0 Å². The van der Waals surface area contributed by atoms with Gasteiger partial charge in [0.05, 0.1) is 13.2 Å². The number of piperidine rings is 1. The molecule has 3 aromatic carbocycles. The molecule has 5 amide bonds. The average Bonchev–Trinajstić information content (AvgIpc) is 3.90. The fraction of sp³-hybridized carbons (Fsp3) is 0.500. The molecule has 356 valence electrons. The van der Waals surface area contributed by atoms with Crippen LogP contribution in [-0.2, 0) is 36.9 Å². The van der Waals surface area contributed by atoms with Crippen LogP contribution in [0.4, 0.5) is 5.69 Å². The number of carbonyl (C=O) groups excluding carboxylic acids is 6. The summed E-state index contributed by atoms with van der Waals surface area (Å²) in [5.74, 6) is -1.97. The first-order chi connectivity index (χ1) is 32.7. The number of aromatic nitrogens is 1. The zero-order chi connectivity index (χ0) is 46.9. The molecule has 14 nitrogen and oxygen atoms in total. The minimum Gasteiger partial charge on any atom is -0.467 e. The molecule has 67 heavy (non-hydrogen) atoms. The molecule has 4 aliphatic rings. The lowest BCUT2D eigenvalue weighted by atomic mass is 9.87. The normalized spacial score (nSPS) is 19.6. The number of para-hydroxylation sites is 1. The summed E-state index contributed by atoms with van der Waals surface area (Å²) in [5.41, 5.74) is 6.60. The van der Waals surface area contributed by atoms with E-state index in [1.165, 1.54) is 69.8 Å². The number of rotatable bonds is 20. The van der Waals surface area contributed by atoms with Gasteiger partial charge in [-0.3, -0.25) is 34.2 Å². The maximum atomic E-state index is 13.7. The number of carbonyl (C=O) groups is 6. The summed E-state index contributed by atoms with van der Waals surface area (Å²) in [6.45, 7) is 5.35. The Labute approximate surface area is 398 Å². The van der Waals surface area contributed by atoms with Crippen molar-refractivity contribution in [3.63, 3.8) is 0 Å². The molecular formula is C52H64ClN7O7. The third-order valence-electron chi connectivity index (χ3n) is 14.2. The molecule has 0 saturated carbocycles. The third-order valence-corrected chi connectivity index (χ3v) is 14.4. The summed E-state index contributed by atoms with van der Waals surface area (Å²) < 4.78 is 5.16. The number of nitrogens with one attached hydrogen (secondary N) is 3. The number of H-pyrrole nitrogens is 1. The van der Waals surface area contributed by atoms with Crippen LogP contribution >= 0.6 is 11.6 Å². The molecule has 2 saturated heterocycles. The molecule has 2 fully saturated rings. The Kier molecular flexibility index (Phi) is 15.9. The van der Waals surface area contributed by atoms with Gasteiger partial charge in [0.25, 0.3) is 11.8 Å². The van der Waals surface area contributed by atoms with Crippen LogP contribution in [0.1, 0.15) is 133 Å². The van der Waals surface area contributed by atoms with Crippen molar-refractivity contribution in [2.24, 2.45) is 0 Å². The lowest BCUT2D eigenvalue weighted by Crippen LogP contribution is -2.52. The zero-order valence-corrected chi connectivity index (χ0v) is 39.4. The van der Waals surface area contributed by atoms with Crippen LogP contribution < -0.4 is 10.6 Å². The van der Waals surface area contributed by atoms with Gasteiger partial charge >= 0.3 is 5.97 Å². The van der Waals surface area contributed by atoms with E-state index in [1.54, 1.807) is 4.90 Å². The molecule has 1 unspecified atom stereocenters. The highest BCUT2D eigenvalue weighted by atomic mass is 35.5. The second-order valence-electron chi connectivity index (χ2n) is 18.4. The third kappa shape index (κ3) is 10.9. The van der Waals surface area contributed by atoms with Crippen LogP contribution in [0.3, 0.4) is 0 Å². The summed E-state index contributed by atoms with van der Waals surface area (Å²) in [4.78, 5) is 88.3. The Bertz CT molecular complexity index is 2430. The first-order valence-electron chi connectivity index (χ1n) is 24.3.